The van der Waals surface area contributed by atoms with Crippen molar-refractivity contribution in [2.75, 3.05) is 19.8 Å². The van der Waals surface area contributed by atoms with E-state index in [1.807, 2.05) is 0 Å². The van der Waals surface area contributed by atoms with Gasteiger partial charge in [-0.25, -0.2) is 0 Å². The summed E-state index contributed by atoms with van der Waals surface area (Å²) in [6.07, 6.45) is 1.32. The van der Waals surface area contributed by atoms with Crippen molar-refractivity contribution in [1.82, 2.24) is 9.80 Å². The smallest absolute Gasteiger partial charge is 0.255 e. The Morgan fingerprint density at radius 3 is 2.76 bits per heavy atom. The zero-order chi connectivity index (χ0) is 15.6. The van der Waals surface area contributed by atoms with Crippen LogP contribution in [0.5, 0.6) is 0 Å². The van der Waals surface area contributed by atoms with Gasteiger partial charge in [-0.1, -0.05) is 6.07 Å². The van der Waals surface area contributed by atoms with E-state index in [1.165, 1.54) is 9.80 Å². The molecule has 1 aromatic carbocycles. The Kier molecular flexibility index (Phi) is 4.26. The van der Waals surface area contributed by atoms with E-state index in [-0.39, 0.29) is 18.2 Å². The molecule has 0 saturated carbocycles. The number of nitrogens with zero attached hydrogens (tertiary/aromatic N) is 2. The van der Waals surface area contributed by atoms with Crippen molar-refractivity contribution in [2.45, 2.75) is 25.4 Å². The molecular weight excluding hydrogens is 270 g/mol. The number of benzene rings is 1. The Hall–Kier alpha value is -2.37. The molecule has 1 atom stereocenters. The van der Waals surface area contributed by atoms with Crippen LogP contribution >= 0.6 is 0 Å². The van der Waals surface area contributed by atoms with Gasteiger partial charge in [-0.15, -0.1) is 0 Å². The second-order valence-electron chi connectivity index (χ2n) is 5.30. The van der Waals surface area contributed by atoms with E-state index in [0.29, 0.717) is 24.2 Å². The number of rotatable bonds is 5. The summed E-state index contributed by atoms with van der Waals surface area (Å²) in [5.74, 6) is -0.389. The van der Waals surface area contributed by atoms with Crippen LogP contribution in [0.4, 0.5) is 5.69 Å². The Morgan fingerprint density at radius 1 is 1.48 bits per heavy atom. The Morgan fingerprint density at radius 2 is 2.19 bits per heavy atom. The molecule has 1 aliphatic rings. The predicted octanol–water partition coefficient (Wildman–Crippen LogP) is 0.661. The zero-order valence-corrected chi connectivity index (χ0v) is 12.2. The lowest BCUT2D eigenvalue weighted by molar-refractivity contribution is -0.134. The maximum atomic E-state index is 12.5. The molecule has 2 amide bonds. The molecule has 2 rings (SSSR count). The van der Waals surface area contributed by atoms with E-state index in [9.17, 15) is 14.4 Å². The molecule has 1 unspecified atom stereocenters. The number of hydrogen-bond donors (Lipinski definition) is 1. The minimum Gasteiger partial charge on any atom is -0.398 e. The number of hydrogen-bond acceptors (Lipinski definition) is 4. The van der Waals surface area contributed by atoms with Gasteiger partial charge < -0.3 is 20.3 Å². The van der Waals surface area contributed by atoms with E-state index >= 15 is 0 Å². The molecule has 0 aromatic heterocycles. The molecule has 6 nitrogen and oxygen atoms in total. The maximum Gasteiger partial charge on any atom is 0.255 e. The third-order valence-electron chi connectivity index (χ3n) is 3.69. The molecule has 0 aliphatic carbocycles. The van der Waals surface area contributed by atoms with E-state index in [0.717, 1.165) is 11.8 Å². The molecule has 1 aromatic rings. The lowest BCUT2D eigenvalue weighted by atomic mass is 10.1. The van der Waals surface area contributed by atoms with Crippen molar-refractivity contribution in [1.29, 1.82) is 0 Å². The summed E-state index contributed by atoms with van der Waals surface area (Å²) in [4.78, 5) is 38.4. The van der Waals surface area contributed by atoms with Gasteiger partial charge >= 0.3 is 0 Å². The van der Waals surface area contributed by atoms with Crippen LogP contribution in [0.1, 0.15) is 28.8 Å². The highest BCUT2D eigenvalue weighted by molar-refractivity contribution is 6.02. The SMILES string of the molecule is CN(C)C(=O)C(CCC=O)N1Cc2c(N)cccc2C1=O. The molecule has 0 bridgehead atoms. The van der Waals surface area contributed by atoms with Gasteiger partial charge in [0.1, 0.15) is 12.3 Å². The van der Waals surface area contributed by atoms with Gasteiger partial charge in [-0.2, -0.15) is 0 Å². The third-order valence-corrected chi connectivity index (χ3v) is 3.69. The summed E-state index contributed by atoms with van der Waals surface area (Å²) < 4.78 is 0. The van der Waals surface area contributed by atoms with Gasteiger partial charge in [0.05, 0.1) is 0 Å². The van der Waals surface area contributed by atoms with Crippen molar-refractivity contribution in [3.63, 3.8) is 0 Å². The number of carbonyl (C=O) groups excluding carboxylic acids is 3. The van der Waals surface area contributed by atoms with Crippen LogP contribution in [0.25, 0.3) is 0 Å². The first-order valence-corrected chi connectivity index (χ1v) is 6.80. The lowest BCUT2D eigenvalue weighted by Gasteiger charge is -2.28. The number of carbonyl (C=O) groups is 3. The molecule has 1 aliphatic heterocycles. The summed E-state index contributed by atoms with van der Waals surface area (Å²) in [7, 11) is 3.27. The summed E-state index contributed by atoms with van der Waals surface area (Å²) in [5, 5.41) is 0. The van der Waals surface area contributed by atoms with Gasteiger partial charge in [0, 0.05) is 43.9 Å². The van der Waals surface area contributed by atoms with Gasteiger partial charge in [0.15, 0.2) is 0 Å². The highest BCUT2D eigenvalue weighted by Crippen LogP contribution is 2.30. The van der Waals surface area contributed by atoms with Crippen molar-refractivity contribution >= 4 is 23.8 Å². The standard InChI is InChI=1S/C15H19N3O3/c1-17(2)15(21)13(7-4-8-19)18-9-11-10(14(18)20)5-3-6-12(11)16/h3,5-6,8,13H,4,7,9,16H2,1-2H3. The highest BCUT2D eigenvalue weighted by Gasteiger charge is 2.37. The molecule has 21 heavy (non-hydrogen) atoms. The monoisotopic (exact) mass is 289 g/mol. The van der Waals surface area contributed by atoms with E-state index in [2.05, 4.69) is 0 Å². The first-order chi connectivity index (χ1) is 9.97. The maximum absolute atomic E-state index is 12.5. The minimum absolute atomic E-state index is 0.184. The number of nitrogen functional groups attached to an aromatic ring is 1. The molecule has 1 heterocycles. The van der Waals surface area contributed by atoms with Gasteiger partial charge in [-0.05, 0) is 18.6 Å². The summed E-state index contributed by atoms with van der Waals surface area (Å²) in [5.41, 5.74) is 7.75. The number of anilines is 1. The van der Waals surface area contributed by atoms with Gasteiger partial charge in [0.25, 0.3) is 5.91 Å². The number of nitrogens with two attached hydrogens (primary N) is 1. The van der Waals surface area contributed by atoms with Crippen LogP contribution in [0.3, 0.4) is 0 Å². The number of likely N-dealkylation sites (N-methyl/N-ethyl adjacent to an activating group) is 1. The quantitative estimate of drug-likeness (QED) is 0.637. The van der Waals surface area contributed by atoms with Gasteiger partial charge in [-0.3, -0.25) is 9.59 Å². The molecule has 6 heteroatoms. The fourth-order valence-corrected chi connectivity index (χ4v) is 2.57. The summed E-state index contributed by atoms with van der Waals surface area (Å²) >= 11 is 0. The average Bonchev–Trinajstić information content (AvgIpc) is 2.78. The minimum atomic E-state index is -0.635. The molecule has 112 valence electrons. The predicted molar refractivity (Wildman–Crippen MR) is 78.5 cm³/mol. The Bertz CT molecular complexity index is 584. The van der Waals surface area contributed by atoms with Crippen molar-refractivity contribution in [3.8, 4) is 0 Å². The summed E-state index contributed by atoms with van der Waals surface area (Å²) in [6.45, 7) is 0.309. The average molecular weight is 289 g/mol. The summed E-state index contributed by atoms with van der Waals surface area (Å²) in [6, 6.07) is 4.54. The first-order valence-electron chi connectivity index (χ1n) is 6.80. The van der Waals surface area contributed by atoms with Crippen molar-refractivity contribution in [3.05, 3.63) is 29.3 Å². The molecular formula is C15H19N3O3. The Labute approximate surface area is 123 Å². The second kappa shape index (κ2) is 5.95. The molecule has 0 fully saturated rings. The van der Waals surface area contributed by atoms with Crippen LogP contribution in [-0.2, 0) is 16.1 Å². The largest absolute Gasteiger partial charge is 0.398 e. The molecule has 0 radical (unpaired) electrons. The van der Waals surface area contributed by atoms with Crippen LogP contribution in [-0.4, -0.2) is 48.0 Å². The molecule has 2 N–H and O–H groups in total. The fourth-order valence-electron chi connectivity index (χ4n) is 2.57. The zero-order valence-electron chi connectivity index (χ0n) is 12.2. The van der Waals surface area contributed by atoms with Crippen LogP contribution in [0.2, 0.25) is 0 Å². The number of fused-ring (bicyclic) bond motifs is 1. The third kappa shape index (κ3) is 2.74. The normalized spacial score (nSPS) is 14.8. The van der Waals surface area contributed by atoms with Crippen molar-refractivity contribution in [2.24, 2.45) is 0 Å². The number of aldehydes is 1. The van der Waals surface area contributed by atoms with Crippen LogP contribution in [0, 0.1) is 0 Å². The first kappa shape index (κ1) is 15.0. The number of amides is 2. The highest BCUT2D eigenvalue weighted by atomic mass is 16.2. The van der Waals surface area contributed by atoms with E-state index in [4.69, 9.17) is 5.73 Å². The van der Waals surface area contributed by atoms with Crippen LogP contribution in [0.15, 0.2) is 18.2 Å². The topological polar surface area (TPSA) is 83.7 Å². The lowest BCUT2D eigenvalue weighted by Crippen LogP contribution is -2.46. The van der Waals surface area contributed by atoms with E-state index < -0.39 is 6.04 Å². The fraction of sp³-hybridized carbons (Fsp3) is 0.400. The van der Waals surface area contributed by atoms with Gasteiger partial charge in [0.2, 0.25) is 5.91 Å². The van der Waals surface area contributed by atoms with Crippen molar-refractivity contribution < 1.29 is 14.4 Å². The Balaban J connectivity index is 2.31. The van der Waals surface area contributed by atoms with E-state index in [1.54, 1.807) is 32.3 Å². The molecule has 0 saturated heterocycles. The van der Waals surface area contributed by atoms with Crippen LogP contribution < -0.4 is 5.73 Å². The molecule has 0 spiro atoms. The second-order valence-corrected chi connectivity index (χ2v) is 5.30.